The summed E-state index contributed by atoms with van der Waals surface area (Å²) in [6.45, 7) is 0. The van der Waals surface area contributed by atoms with Gasteiger partial charge in [-0.25, -0.2) is 4.57 Å². The van der Waals surface area contributed by atoms with Gasteiger partial charge in [-0.15, -0.1) is 0 Å². The molecule has 0 aliphatic heterocycles. The fraction of sp³-hybridized carbons (Fsp3) is 0.500. The molecule has 10 nitrogen and oxygen atoms in total. The van der Waals surface area contributed by atoms with Crippen LogP contribution in [0.3, 0.4) is 0 Å². The summed E-state index contributed by atoms with van der Waals surface area (Å²) in [4.78, 5) is 48.1. The van der Waals surface area contributed by atoms with E-state index in [1.807, 2.05) is 0 Å². The van der Waals surface area contributed by atoms with Gasteiger partial charge in [0.1, 0.15) is 5.60 Å². The molecule has 0 amide bonds. The number of hydrogen-bond acceptors (Lipinski definition) is 7. The molecule has 0 radical (unpaired) electrons. The average Bonchev–Trinajstić information content (AvgIpc) is 1.96. The average molecular weight is 348 g/mol. The van der Waals surface area contributed by atoms with Crippen molar-refractivity contribution >= 4 is 25.7 Å². The van der Waals surface area contributed by atoms with Crippen LogP contribution in [-0.2, 0) is 23.5 Å². The molecule has 0 fully saturated rings. The van der Waals surface area contributed by atoms with Crippen LogP contribution in [0.4, 0.5) is 0 Å². The van der Waals surface area contributed by atoms with E-state index in [4.69, 9.17) is 14.9 Å². The topological polar surface area (TPSA) is 184 Å². The maximum Gasteiger partial charge on any atom is 1.00 e. The molecule has 1 unspecified atom stereocenters. The fourth-order valence-electron chi connectivity index (χ4n) is 1.01. The third-order valence-electron chi connectivity index (χ3n) is 1.53. The van der Waals surface area contributed by atoms with Crippen LogP contribution < -0.4 is 113 Å². The van der Waals surface area contributed by atoms with Crippen molar-refractivity contribution in [3.05, 3.63) is 0 Å². The second-order valence-electron chi connectivity index (χ2n) is 2.98. The third-order valence-corrected chi connectivity index (χ3v) is 2.12. The summed E-state index contributed by atoms with van der Waals surface area (Å²) in [6.07, 6.45) is -3.08. The molecule has 0 bridgehead atoms. The Hall–Kier alpha value is 1.79. The molecule has 0 saturated heterocycles. The minimum Gasteiger partial charge on any atom is -0.550 e. The monoisotopic (exact) mass is 348 g/mol. The number of rotatable bonds is 7. The predicted molar refractivity (Wildman–Crippen MR) is 42.7 cm³/mol. The summed E-state index contributed by atoms with van der Waals surface area (Å²) in [7, 11) is -5.43. The quantitative estimate of drug-likeness (QED) is 0.295. The number of carboxylic acids is 3. The van der Waals surface area contributed by atoms with Crippen molar-refractivity contribution in [3.8, 4) is 0 Å². The van der Waals surface area contributed by atoms with Crippen LogP contribution in [0.25, 0.3) is 0 Å². The number of phosphoric acid groups is 1. The Morgan fingerprint density at radius 2 is 1.53 bits per heavy atom. The van der Waals surface area contributed by atoms with Crippen LogP contribution in [0, 0.1) is 0 Å². The normalized spacial score (nSPS) is 13.4. The van der Waals surface area contributed by atoms with Gasteiger partial charge in [0.15, 0.2) is 0 Å². The Bertz CT molecular complexity index is 373. The molecule has 0 aromatic rings. The van der Waals surface area contributed by atoms with Crippen molar-refractivity contribution in [3.63, 3.8) is 0 Å². The molecule has 0 spiro atoms. The van der Waals surface area contributed by atoms with E-state index in [2.05, 4.69) is 4.52 Å². The summed E-state index contributed by atoms with van der Waals surface area (Å²) < 4.78 is 14.2. The van der Waals surface area contributed by atoms with E-state index in [-0.39, 0.29) is 103 Å². The molecular formula is C6H7K2O10P. The summed E-state index contributed by atoms with van der Waals surface area (Å²) >= 11 is 0. The van der Waals surface area contributed by atoms with Crippen LogP contribution in [0.2, 0.25) is 0 Å². The summed E-state index contributed by atoms with van der Waals surface area (Å²) in [5.74, 6) is -6.29. The van der Waals surface area contributed by atoms with E-state index in [9.17, 15) is 29.2 Å². The molecule has 0 aromatic carbocycles. The zero-order valence-electron chi connectivity index (χ0n) is 10.1. The van der Waals surface area contributed by atoms with Crippen molar-refractivity contribution in [2.45, 2.75) is 18.4 Å². The van der Waals surface area contributed by atoms with Crippen molar-refractivity contribution in [1.29, 1.82) is 0 Å². The predicted octanol–water partition coefficient (Wildman–Crippen LogP) is -9.79. The van der Waals surface area contributed by atoms with Gasteiger partial charge in [0.25, 0.3) is 0 Å². The van der Waals surface area contributed by atoms with Crippen LogP contribution >= 0.6 is 7.82 Å². The zero-order chi connectivity index (χ0) is 13.9. The van der Waals surface area contributed by atoms with Gasteiger partial charge < -0.3 is 34.7 Å². The first kappa shape index (κ1) is 25.7. The first-order chi connectivity index (χ1) is 7.48. The molecule has 1 atom stereocenters. The molecule has 0 aliphatic carbocycles. The molecule has 13 heteroatoms. The number of carboxylic acid groups (broad SMARTS) is 3. The standard InChI is InChI=1S/C6H9O10P.2K/c7-3(8)1-6(5(11)12,2-4(9)10)16-17(13,14)15;;/h1-2H2,(H,7,8)(H,9,10)(H,11,12)(H2,13,14,15);;/q;2*+1/p-2. The largest absolute Gasteiger partial charge is 1.00 e. The van der Waals surface area contributed by atoms with E-state index in [0.717, 1.165) is 0 Å². The van der Waals surface area contributed by atoms with Crippen molar-refractivity contribution in [2.24, 2.45) is 0 Å². The van der Waals surface area contributed by atoms with Crippen LogP contribution in [0.5, 0.6) is 0 Å². The SMILES string of the molecule is O=C([O-])CC(CC(=O)O)(OP(=O)(O)O)C(=O)[O-].[K+].[K+]. The minimum absolute atomic E-state index is 0. The van der Waals surface area contributed by atoms with Gasteiger partial charge in [-0.1, -0.05) is 0 Å². The van der Waals surface area contributed by atoms with Gasteiger partial charge >= 0.3 is 117 Å². The fourth-order valence-corrected chi connectivity index (χ4v) is 1.67. The van der Waals surface area contributed by atoms with Gasteiger partial charge in [0.05, 0.1) is 12.4 Å². The molecule has 19 heavy (non-hydrogen) atoms. The van der Waals surface area contributed by atoms with Gasteiger partial charge in [0, 0.05) is 12.4 Å². The number of hydrogen-bond donors (Lipinski definition) is 3. The van der Waals surface area contributed by atoms with E-state index >= 15 is 0 Å². The van der Waals surface area contributed by atoms with Gasteiger partial charge in [-0.2, -0.15) is 0 Å². The molecule has 98 valence electrons. The third kappa shape index (κ3) is 11.1. The molecular weight excluding hydrogens is 341 g/mol. The molecule has 0 aliphatic rings. The summed E-state index contributed by atoms with van der Waals surface area (Å²) in [5, 5.41) is 29.3. The van der Waals surface area contributed by atoms with Gasteiger partial charge in [-0.05, 0) is 0 Å². The smallest absolute Gasteiger partial charge is 0.550 e. The van der Waals surface area contributed by atoms with Crippen molar-refractivity contribution in [1.82, 2.24) is 0 Å². The van der Waals surface area contributed by atoms with E-state index < -0.39 is 44.2 Å². The molecule has 0 heterocycles. The minimum atomic E-state index is -5.43. The van der Waals surface area contributed by atoms with Crippen molar-refractivity contribution in [2.75, 3.05) is 0 Å². The Balaban J connectivity index is -0.00000128. The molecule has 0 rings (SSSR count). The van der Waals surface area contributed by atoms with E-state index in [1.54, 1.807) is 0 Å². The maximum absolute atomic E-state index is 10.6. The second kappa shape index (κ2) is 10.5. The first-order valence-corrected chi connectivity index (χ1v) is 5.41. The Morgan fingerprint density at radius 1 is 1.11 bits per heavy atom. The molecule has 3 N–H and O–H groups in total. The van der Waals surface area contributed by atoms with Crippen LogP contribution in [0.15, 0.2) is 0 Å². The number of aliphatic carboxylic acids is 3. The van der Waals surface area contributed by atoms with Crippen LogP contribution in [0.1, 0.15) is 12.8 Å². The summed E-state index contributed by atoms with van der Waals surface area (Å²) in [5.41, 5.74) is -3.19. The Labute approximate surface area is 192 Å². The molecule has 0 aromatic heterocycles. The van der Waals surface area contributed by atoms with E-state index in [0.29, 0.717) is 0 Å². The summed E-state index contributed by atoms with van der Waals surface area (Å²) in [6, 6.07) is 0. The Morgan fingerprint density at radius 3 is 1.74 bits per heavy atom. The number of carbonyl (C=O) groups excluding carboxylic acids is 2. The van der Waals surface area contributed by atoms with Crippen LogP contribution in [-0.4, -0.2) is 38.4 Å². The maximum atomic E-state index is 10.6. The van der Waals surface area contributed by atoms with Gasteiger partial charge in [0.2, 0.25) is 0 Å². The second-order valence-corrected chi connectivity index (χ2v) is 4.15. The zero-order valence-corrected chi connectivity index (χ0v) is 17.2. The Kier molecular flexibility index (Phi) is 14.2. The first-order valence-electron chi connectivity index (χ1n) is 3.88. The van der Waals surface area contributed by atoms with E-state index in [1.165, 1.54) is 0 Å². The van der Waals surface area contributed by atoms with Crippen molar-refractivity contribution < 1.29 is 151 Å². The molecule has 0 saturated carbocycles. The van der Waals surface area contributed by atoms with Gasteiger partial charge in [-0.3, -0.25) is 9.32 Å². The number of carbonyl (C=O) groups is 3. The number of phosphoric ester groups is 1.